The Bertz CT molecular complexity index is 1450. The Morgan fingerprint density at radius 3 is 2.76 bits per heavy atom. The van der Waals surface area contributed by atoms with Gasteiger partial charge in [0.15, 0.2) is 5.78 Å². The van der Waals surface area contributed by atoms with E-state index in [-0.39, 0.29) is 18.0 Å². The van der Waals surface area contributed by atoms with Gasteiger partial charge in [-0.25, -0.2) is 9.37 Å². The topological polar surface area (TPSA) is 76.2 Å². The molecule has 1 aromatic heterocycles. The number of nitrogens with two attached hydrogens (primary N) is 1. The van der Waals surface area contributed by atoms with Crippen molar-refractivity contribution in [3.05, 3.63) is 107 Å². The molecule has 0 fully saturated rings. The average molecular weight is 512 g/mol. The van der Waals surface area contributed by atoms with Gasteiger partial charge in [-0.1, -0.05) is 55.5 Å². The van der Waals surface area contributed by atoms with Crippen molar-refractivity contribution in [1.29, 1.82) is 0 Å². The lowest BCUT2D eigenvalue weighted by atomic mass is 9.95. The highest BCUT2D eigenvalue weighted by molar-refractivity contribution is 5.97. The smallest absolute Gasteiger partial charge is 0.183 e. The summed E-state index contributed by atoms with van der Waals surface area (Å²) in [7, 11) is 2.10. The van der Waals surface area contributed by atoms with Crippen LogP contribution in [0, 0.1) is 5.82 Å². The lowest BCUT2D eigenvalue weighted by Crippen LogP contribution is -2.22. The third-order valence-corrected chi connectivity index (χ3v) is 7.19. The predicted molar refractivity (Wildman–Crippen MR) is 148 cm³/mol. The highest BCUT2D eigenvalue weighted by Crippen LogP contribution is 2.32. The number of Topliss-reactive ketones (excluding diaryl/α,β-unsaturated/α-hetero) is 1. The largest absolute Gasteiger partial charge is 0.326 e. The summed E-state index contributed by atoms with van der Waals surface area (Å²) in [5.41, 5.74) is 12.3. The number of aromatic nitrogens is 2. The minimum atomic E-state index is -0.444. The van der Waals surface area contributed by atoms with Crippen LogP contribution in [-0.2, 0) is 19.6 Å². The van der Waals surface area contributed by atoms with Crippen molar-refractivity contribution >= 4 is 5.78 Å². The summed E-state index contributed by atoms with van der Waals surface area (Å²) in [6.07, 6.45) is 2.89. The Hall–Kier alpha value is -3.65. The van der Waals surface area contributed by atoms with E-state index in [0.29, 0.717) is 30.0 Å². The summed E-state index contributed by atoms with van der Waals surface area (Å²) >= 11 is 0. The molecule has 0 saturated carbocycles. The van der Waals surface area contributed by atoms with Crippen molar-refractivity contribution < 1.29 is 9.18 Å². The third kappa shape index (κ3) is 5.31. The van der Waals surface area contributed by atoms with E-state index in [1.54, 1.807) is 12.4 Å². The van der Waals surface area contributed by atoms with Crippen molar-refractivity contribution in [2.24, 2.45) is 5.73 Å². The molecule has 0 aliphatic carbocycles. The first-order valence-corrected chi connectivity index (χ1v) is 13.2. The highest BCUT2D eigenvalue weighted by atomic mass is 19.1. The first kappa shape index (κ1) is 26.0. The Morgan fingerprint density at radius 1 is 1.13 bits per heavy atom. The molecule has 0 radical (unpaired) electrons. The van der Waals surface area contributed by atoms with Crippen LogP contribution in [0.25, 0.3) is 16.8 Å². The van der Waals surface area contributed by atoms with Crippen LogP contribution < -0.4 is 11.1 Å². The Kier molecular flexibility index (Phi) is 7.79. The highest BCUT2D eigenvalue weighted by Gasteiger charge is 2.29. The zero-order valence-corrected chi connectivity index (χ0v) is 22.0. The normalized spacial score (nSPS) is 15.5. The number of nitrogens with zero attached hydrogens (tertiary/aromatic N) is 3. The fourth-order valence-electron chi connectivity index (χ4n) is 5.30. The Balaban J connectivity index is 1.40. The van der Waals surface area contributed by atoms with Gasteiger partial charge in [-0.05, 0) is 60.5 Å². The van der Waals surface area contributed by atoms with Gasteiger partial charge in [0.05, 0.1) is 5.69 Å². The molecule has 3 N–H and O–H groups in total. The third-order valence-electron chi connectivity index (χ3n) is 7.19. The van der Waals surface area contributed by atoms with E-state index in [4.69, 9.17) is 5.73 Å². The molecular weight excluding hydrogens is 477 g/mol. The summed E-state index contributed by atoms with van der Waals surface area (Å²) in [6, 6.07) is 20.8. The van der Waals surface area contributed by atoms with Crippen LogP contribution in [0.5, 0.6) is 0 Å². The van der Waals surface area contributed by atoms with Crippen molar-refractivity contribution in [2.45, 2.75) is 45.4 Å². The van der Waals surface area contributed by atoms with Crippen molar-refractivity contribution in [2.75, 3.05) is 13.6 Å². The first-order valence-electron chi connectivity index (χ1n) is 13.2. The van der Waals surface area contributed by atoms with Gasteiger partial charge in [0.2, 0.25) is 0 Å². The molecule has 0 amide bonds. The molecule has 1 aliphatic rings. The molecule has 2 heterocycles. The van der Waals surface area contributed by atoms with E-state index in [9.17, 15) is 4.79 Å². The number of imidazole rings is 1. The predicted octanol–water partition coefficient (Wildman–Crippen LogP) is 5.40. The fraction of sp³-hybridized carbons (Fsp3) is 0.290. The van der Waals surface area contributed by atoms with E-state index in [1.165, 1.54) is 0 Å². The lowest BCUT2D eigenvalue weighted by molar-refractivity contribution is 0.0966. The van der Waals surface area contributed by atoms with Crippen LogP contribution in [-0.4, -0.2) is 33.8 Å². The molecule has 4 aromatic rings. The average Bonchev–Trinajstić information content (AvgIpc) is 3.28. The van der Waals surface area contributed by atoms with Gasteiger partial charge in [-0.15, -0.1) is 0 Å². The van der Waals surface area contributed by atoms with Crippen LogP contribution in [0.2, 0.25) is 0 Å². The minimum absolute atomic E-state index is 0.0709. The minimum Gasteiger partial charge on any atom is -0.326 e. The van der Waals surface area contributed by atoms with Crippen LogP contribution in [0.4, 0.5) is 4.39 Å². The number of carbonyl (C=O) groups excluding carboxylic acids is 1. The molecule has 5 rings (SSSR count). The standard InChI is InChI=1S/C31H34FN5O/c1-3-13-36(2)19-23-8-4-5-10-25(23)22-11-12-26(27(32)15-22)28-16-30(38)31-29(18-34-28)35-20-37(31)24-9-6-7-21(14-24)17-33/h4-12,14-15,20,28,34H,3,13,16-19,33H2,1-2H3. The fourth-order valence-corrected chi connectivity index (χ4v) is 5.30. The second kappa shape index (κ2) is 11.4. The number of hydrogen-bond acceptors (Lipinski definition) is 5. The summed E-state index contributed by atoms with van der Waals surface area (Å²) < 4.78 is 17.4. The number of halogens is 1. The second-order valence-corrected chi connectivity index (χ2v) is 9.98. The molecule has 0 saturated heterocycles. The van der Waals surface area contributed by atoms with Crippen molar-refractivity contribution in [3.63, 3.8) is 0 Å². The maximum absolute atomic E-state index is 15.6. The van der Waals surface area contributed by atoms with E-state index >= 15 is 4.39 Å². The maximum atomic E-state index is 15.6. The van der Waals surface area contributed by atoms with E-state index in [0.717, 1.165) is 47.5 Å². The van der Waals surface area contributed by atoms with E-state index < -0.39 is 6.04 Å². The second-order valence-electron chi connectivity index (χ2n) is 9.98. The molecule has 196 valence electrons. The summed E-state index contributed by atoms with van der Waals surface area (Å²) in [5, 5.41) is 3.36. The molecule has 1 aliphatic heterocycles. The number of nitrogens with one attached hydrogen (secondary N) is 1. The number of carbonyl (C=O) groups is 1. The van der Waals surface area contributed by atoms with Gasteiger partial charge in [-0.2, -0.15) is 0 Å². The van der Waals surface area contributed by atoms with Crippen molar-refractivity contribution in [1.82, 2.24) is 19.8 Å². The van der Waals surface area contributed by atoms with Crippen LogP contribution in [0.15, 0.2) is 73.1 Å². The van der Waals surface area contributed by atoms with Crippen LogP contribution >= 0.6 is 0 Å². The summed E-state index contributed by atoms with van der Waals surface area (Å²) in [6.45, 7) is 4.76. The maximum Gasteiger partial charge on any atom is 0.183 e. The number of hydrogen-bond donors (Lipinski definition) is 2. The van der Waals surface area contributed by atoms with Gasteiger partial charge >= 0.3 is 0 Å². The zero-order valence-electron chi connectivity index (χ0n) is 22.0. The molecule has 3 aromatic carbocycles. The van der Waals surface area contributed by atoms with Gasteiger partial charge < -0.3 is 16.0 Å². The summed E-state index contributed by atoms with van der Waals surface area (Å²) in [5.74, 6) is -0.388. The van der Waals surface area contributed by atoms with Gasteiger partial charge in [-0.3, -0.25) is 9.36 Å². The molecular formula is C31H34FN5O. The number of benzene rings is 3. The van der Waals surface area contributed by atoms with E-state index in [1.807, 2.05) is 59.2 Å². The molecule has 6 nitrogen and oxygen atoms in total. The number of ketones is 1. The lowest BCUT2D eigenvalue weighted by Gasteiger charge is -2.20. The molecule has 7 heteroatoms. The SMILES string of the molecule is CCCN(C)Cc1ccccc1-c1ccc(C2CC(=O)c3c(ncn3-c3cccc(CN)c3)CN2)c(F)c1. The Morgan fingerprint density at radius 2 is 1.97 bits per heavy atom. The summed E-state index contributed by atoms with van der Waals surface area (Å²) in [4.78, 5) is 20.2. The molecule has 0 spiro atoms. The Labute approximate surface area is 223 Å². The monoisotopic (exact) mass is 511 g/mol. The van der Waals surface area contributed by atoms with Gasteiger partial charge in [0.1, 0.15) is 17.8 Å². The van der Waals surface area contributed by atoms with Gasteiger partial charge in [0.25, 0.3) is 0 Å². The van der Waals surface area contributed by atoms with Crippen LogP contribution in [0.1, 0.15) is 58.7 Å². The molecule has 1 atom stereocenters. The zero-order chi connectivity index (χ0) is 26.6. The van der Waals surface area contributed by atoms with Crippen molar-refractivity contribution in [3.8, 4) is 16.8 Å². The quantitative estimate of drug-likeness (QED) is 0.331. The number of fused-ring (bicyclic) bond motifs is 1. The molecule has 38 heavy (non-hydrogen) atoms. The number of rotatable bonds is 8. The van der Waals surface area contributed by atoms with Crippen LogP contribution in [0.3, 0.4) is 0 Å². The van der Waals surface area contributed by atoms with Gasteiger partial charge in [0, 0.05) is 43.3 Å². The van der Waals surface area contributed by atoms with E-state index in [2.05, 4.69) is 35.2 Å². The molecule has 1 unspecified atom stereocenters. The first-order chi connectivity index (χ1) is 18.5. The molecule has 0 bridgehead atoms.